The molecule has 0 radical (unpaired) electrons. The SMILES string of the molecule is CCOC(=O)C1CCN(Cc2ccccc2[N+](=O)[O-])CC1. The number of carbonyl (C=O) groups excluding carboxylic acids is 1. The van der Waals surface area contributed by atoms with Gasteiger partial charge in [-0.05, 0) is 32.9 Å². The van der Waals surface area contributed by atoms with Crippen LogP contribution in [-0.2, 0) is 16.1 Å². The first-order chi connectivity index (χ1) is 10.1. The van der Waals surface area contributed by atoms with E-state index in [2.05, 4.69) is 4.90 Å². The fourth-order valence-corrected chi connectivity index (χ4v) is 2.65. The van der Waals surface area contributed by atoms with E-state index in [4.69, 9.17) is 4.74 Å². The van der Waals surface area contributed by atoms with Crippen LogP contribution < -0.4 is 0 Å². The van der Waals surface area contributed by atoms with Crippen LogP contribution in [0.3, 0.4) is 0 Å². The molecule has 6 heteroatoms. The Morgan fingerprint density at radius 1 is 1.38 bits per heavy atom. The number of benzene rings is 1. The van der Waals surface area contributed by atoms with Gasteiger partial charge in [0.2, 0.25) is 0 Å². The lowest BCUT2D eigenvalue weighted by molar-refractivity contribution is -0.385. The van der Waals surface area contributed by atoms with Crippen LogP contribution >= 0.6 is 0 Å². The molecule has 0 bridgehead atoms. The molecule has 2 rings (SSSR count). The van der Waals surface area contributed by atoms with Crippen molar-refractivity contribution in [2.24, 2.45) is 5.92 Å². The fraction of sp³-hybridized carbons (Fsp3) is 0.533. The smallest absolute Gasteiger partial charge is 0.309 e. The van der Waals surface area contributed by atoms with Crippen LogP contribution in [0.25, 0.3) is 0 Å². The Morgan fingerprint density at radius 2 is 2.05 bits per heavy atom. The summed E-state index contributed by atoms with van der Waals surface area (Å²) in [4.78, 5) is 24.5. The van der Waals surface area contributed by atoms with Gasteiger partial charge in [0.05, 0.1) is 17.4 Å². The van der Waals surface area contributed by atoms with E-state index in [1.807, 2.05) is 13.0 Å². The standard InChI is InChI=1S/C15H20N2O4/c1-2-21-15(18)12-7-9-16(10-8-12)11-13-5-3-4-6-14(13)17(19)20/h3-6,12H,2,7-11H2,1H3. The van der Waals surface area contributed by atoms with Crippen LogP contribution in [0, 0.1) is 16.0 Å². The van der Waals surface area contributed by atoms with Crippen molar-refractivity contribution in [2.45, 2.75) is 26.3 Å². The molecule has 1 aliphatic rings. The predicted molar refractivity (Wildman–Crippen MR) is 77.7 cm³/mol. The minimum Gasteiger partial charge on any atom is -0.466 e. The number of hydrogen-bond acceptors (Lipinski definition) is 5. The van der Waals surface area contributed by atoms with Gasteiger partial charge in [-0.3, -0.25) is 19.8 Å². The highest BCUT2D eigenvalue weighted by Gasteiger charge is 2.26. The molecular formula is C15H20N2O4. The lowest BCUT2D eigenvalue weighted by Crippen LogP contribution is -2.36. The lowest BCUT2D eigenvalue weighted by Gasteiger charge is -2.30. The van der Waals surface area contributed by atoms with Gasteiger partial charge in [-0.2, -0.15) is 0 Å². The third kappa shape index (κ3) is 4.01. The topological polar surface area (TPSA) is 72.7 Å². The van der Waals surface area contributed by atoms with E-state index in [1.165, 1.54) is 6.07 Å². The number of nitrogens with zero attached hydrogens (tertiary/aromatic N) is 2. The summed E-state index contributed by atoms with van der Waals surface area (Å²) in [5.74, 6) is -0.158. The van der Waals surface area contributed by atoms with Crippen molar-refractivity contribution in [3.05, 3.63) is 39.9 Å². The zero-order valence-electron chi connectivity index (χ0n) is 12.2. The Balaban J connectivity index is 1.92. The van der Waals surface area contributed by atoms with Gasteiger partial charge in [0, 0.05) is 18.2 Å². The number of rotatable bonds is 5. The molecule has 0 atom stereocenters. The van der Waals surface area contributed by atoms with Crippen molar-refractivity contribution >= 4 is 11.7 Å². The normalized spacial score (nSPS) is 16.6. The molecule has 0 saturated carbocycles. The number of nitro benzene ring substituents is 1. The van der Waals surface area contributed by atoms with E-state index in [-0.39, 0.29) is 22.5 Å². The van der Waals surface area contributed by atoms with Crippen molar-refractivity contribution in [3.63, 3.8) is 0 Å². The first-order valence-corrected chi connectivity index (χ1v) is 7.23. The first-order valence-electron chi connectivity index (χ1n) is 7.23. The van der Waals surface area contributed by atoms with E-state index in [0.29, 0.717) is 13.2 Å². The van der Waals surface area contributed by atoms with Gasteiger partial charge in [0.15, 0.2) is 0 Å². The molecule has 0 aliphatic carbocycles. The Bertz CT molecular complexity index is 510. The molecule has 1 aliphatic heterocycles. The maximum absolute atomic E-state index is 11.7. The lowest BCUT2D eigenvalue weighted by atomic mass is 9.96. The molecule has 114 valence electrons. The van der Waals surface area contributed by atoms with E-state index < -0.39 is 0 Å². The summed E-state index contributed by atoms with van der Waals surface area (Å²) in [6.45, 7) is 4.29. The molecule has 1 heterocycles. The van der Waals surface area contributed by atoms with Gasteiger partial charge >= 0.3 is 5.97 Å². The summed E-state index contributed by atoms with van der Waals surface area (Å²) in [5.41, 5.74) is 0.877. The van der Waals surface area contributed by atoms with Crippen molar-refractivity contribution in [1.82, 2.24) is 4.90 Å². The number of para-hydroxylation sites is 1. The monoisotopic (exact) mass is 292 g/mol. The average Bonchev–Trinajstić information content (AvgIpc) is 2.48. The number of likely N-dealkylation sites (tertiary alicyclic amines) is 1. The molecule has 0 amide bonds. The van der Waals surface area contributed by atoms with Gasteiger partial charge in [-0.25, -0.2) is 0 Å². The highest BCUT2D eigenvalue weighted by Crippen LogP contribution is 2.24. The van der Waals surface area contributed by atoms with Crippen LogP contribution in [0.2, 0.25) is 0 Å². The summed E-state index contributed by atoms with van der Waals surface area (Å²) < 4.78 is 5.04. The second-order valence-electron chi connectivity index (χ2n) is 5.19. The Labute approximate surface area is 123 Å². The van der Waals surface area contributed by atoms with Crippen molar-refractivity contribution in [1.29, 1.82) is 0 Å². The molecule has 1 aromatic carbocycles. The molecule has 0 N–H and O–H groups in total. The molecule has 0 aromatic heterocycles. The van der Waals surface area contributed by atoms with E-state index >= 15 is 0 Å². The molecular weight excluding hydrogens is 272 g/mol. The predicted octanol–water partition coefficient (Wildman–Crippen LogP) is 2.37. The zero-order chi connectivity index (χ0) is 15.2. The average molecular weight is 292 g/mol. The minimum absolute atomic E-state index is 0.0352. The van der Waals surface area contributed by atoms with Crippen LogP contribution in [-0.4, -0.2) is 35.5 Å². The summed E-state index contributed by atoms with van der Waals surface area (Å²) in [6, 6.07) is 6.80. The highest BCUT2D eigenvalue weighted by atomic mass is 16.6. The third-order valence-corrected chi connectivity index (χ3v) is 3.79. The molecule has 0 spiro atoms. The van der Waals surface area contributed by atoms with E-state index in [0.717, 1.165) is 31.5 Å². The summed E-state index contributed by atoms with van der Waals surface area (Å²) >= 11 is 0. The Hall–Kier alpha value is -1.95. The van der Waals surface area contributed by atoms with Gasteiger partial charge in [0.1, 0.15) is 0 Å². The van der Waals surface area contributed by atoms with Gasteiger partial charge in [-0.15, -0.1) is 0 Å². The molecule has 1 fully saturated rings. The number of piperidine rings is 1. The molecule has 6 nitrogen and oxygen atoms in total. The van der Waals surface area contributed by atoms with Crippen LogP contribution in [0.4, 0.5) is 5.69 Å². The quantitative estimate of drug-likeness (QED) is 0.473. The molecule has 1 saturated heterocycles. The number of hydrogen-bond donors (Lipinski definition) is 0. The Kier molecular flexibility index (Phi) is 5.27. The molecule has 21 heavy (non-hydrogen) atoms. The van der Waals surface area contributed by atoms with E-state index in [9.17, 15) is 14.9 Å². The molecule has 0 unspecified atom stereocenters. The van der Waals surface area contributed by atoms with Crippen LogP contribution in [0.5, 0.6) is 0 Å². The zero-order valence-corrected chi connectivity index (χ0v) is 12.2. The number of ether oxygens (including phenoxy) is 1. The largest absolute Gasteiger partial charge is 0.466 e. The summed E-state index contributed by atoms with van der Waals surface area (Å²) in [5, 5.41) is 11.0. The minimum atomic E-state index is -0.347. The number of esters is 1. The fourth-order valence-electron chi connectivity index (χ4n) is 2.65. The van der Waals surface area contributed by atoms with Crippen molar-refractivity contribution < 1.29 is 14.5 Å². The maximum Gasteiger partial charge on any atom is 0.309 e. The second kappa shape index (κ2) is 7.17. The van der Waals surface area contributed by atoms with E-state index in [1.54, 1.807) is 12.1 Å². The highest BCUT2D eigenvalue weighted by molar-refractivity contribution is 5.72. The van der Waals surface area contributed by atoms with Crippen LogP contribution in [0.15, 0.2) is 24.3 Å². The number of nitro groups is 1. The Morgan fingerprint density at radius 3 is 2.67 bits per heavy atom. The third-order valence-electron chi connectivity index (χ3n) is 3.79. The van der Waals surface area contributed by atoms with Crippen LogP contribution in [0.1, 0.15) is 25.3 Å². The summed E-state index contributed by atoms with van der Waals surface area (Å²) in [6.07, 6.45) is 1.50. The summed E-state index contributed by atoms with van der Waals surface area (Å²) in [7, 11) is 0. The van der Waals surface area contributed by atoms with Gasteiger partial charge < -0.3 is 4.74 Å². The second-order valence-corrected chi connectivity index (χ2v) is 5.19. The maximum atomic E-state index is 11.7. The molecule has 1 aromatic rings. The first kappa shape index (κ1) is 15.4. The number of carbonyl (C=O) groups is 1. The van der Waals surface area contributed by atoms with Gasteiger partial charge in [0.25, 0.3) is 5.69 Å². The van der Waals surface area contributed by atoms with Crippen molar-refractivity contribution in [2.75, 3.05) is 19.7 Å². The van der Waals surface area contributed by atoms with Crippen molar-refractivity contribution in [3.8, 4) is 0 Å². The van der Waals surface area contributed by atoms with Gasteiger partial charge in [-0.1, -0.05) is 18.2 Å².